The topological polar surface area (TPSA) is 84.0 Å². The number of alkyl halides is 3. The van der Waals surface area contributed by atoms with Gasteiger partial charge in [0.05, 0.1) is 21.7 Å². The summed E-state index contributed by atoms with van der Waals surface area (Å²) in [5.74, 6) is -0.462. The number of sulfonamides is 1. The van der Waals surface area contributed by atoms with Gasteiger partial charge in [-0.3, -0.25) is 4.72 Å². The molecule has 34 heavy (non-hydrogen) atoms. The number of nitrogens with one attached hydrogen (secondary N) is 2. The maximum Gasteiger partial charge on any atom is 0.417 e. The molecule has 176 valence electrons. The lowest BCUT2D eigenvalue weighted by Crippen LogP contribution is -2.16. The monoisotopic (exact) mass is 554 g/mol. The summed E-state index contributed by atoms with van der Waals surface area (Å²) in [5.41, 5.74) is -0.419. The number of aromatic nitrogens is 2. The molecule has 0 unspecified atom stereocenters. The molecule has 2 N–H and O–H groups in total. The van der Waals surface area contributed by atoms with Gasteiger partial charge >= 0.3 is 6.18 Å². The zero-order chi connectivity index (χ0) is 24.7. The molecule has 0 radical (unpaired) electrons. The number of benzene rings is 3. The molecule has 1 heterocycles. The second-order valence-corrected chi connectivity index (χ2v) is 9.67. The highest BCUT2D eigenvalue weighted by Crippen LogP contribution is 2.37. The van der Waals surface area contributed by atoms with Gasteiger partial charge in [-0.25, -0.2) is 22.8 Å². The van der Waals surface area contributed by atoms with Gasteiger partial charge in [0, 0.05) is 28.7 Å². The van der Waals surface area contributed by atoms with Crippen LogP contribution in [0.4, 0.5) is 29.2 Å². The van der Waals surface area contributed by atoms with Gasteiger partial charge in [0.1, 0.15) is 0 Å². The fourth-order valence-corrected chi connectivity index (χ4v) is 4.80. The zero-order valence-electron chi connectivity index (χ0n) is 17.3. The lowest BCUT2D eigenvalue weighted by atomic mass is 10.0. The maximum atomic E-state index is 15.3. The van der Waals surface area contributed by atoms with Crippen molar-refractivity contribution in [1.29, 1.82) is 0 Å². The van der Waals surface area contributed by atoms with Crippen molar-refractivity contribution in [2.75, 3.05) is 17.1 Å². The first-order valence-electron chi connectivity index (χ1n) is 9.62. The second-order valence-electron chi connectivity index (χ2n) is 7.13. The Hall–Kier alpha value is -3.25. The van der Waals surface area contributed by atoms with Crippen molar-refractivity contribution in [3.05, 3.63) is 76.6 Å². The lowest BCUT2D eigenvalue weighted by molar-refractivity contribution is -0.138. The fourth-order valence-electron chi connectivity index (χ4n) is 3.25. The molecule has 3 aromatic carbocycles. The minimum absolute atomic E-state index is 0.0894. The normalized spacial score (nSPS) is 12.1. The summed E-state index contributed by atoms with van der Waals surface area (Å²) in [5, 5.41) is 3.46. The molecule has 4 aromatic rings. The van der Waals surface area contributed by atoms with E-state index in [0.29, 0.717) is 28.5 Å². The van der Waals surface area contributed by atoms with Gasteiger partial charge in [-0.2, -0.15) is 13.2 Å². The van der Waals surface area contributed by atoms with E-state index in [0.717, 1.165) is 12.1 Å². The molecule has 0 saturated carbocycles. The Morgan fingerprint density at radius 2 is 1.79 bits per heavy atom. The van der Waals surface area contributed by atoms with Crippen LogP contribution in [-0.4, -0.2) is 25.4 Å². The number of hydrogen-bond donors (Lipinski definition) is 2. The van der Waals surface area contributed by atoms with Crippen molar-refractivity contribution >= 4 is 48.5 Å². The van der Waals surface area contributed by atoms with E-state index >= 15 is 4.39 Å². The molecule has 0 atom stereocenters. The van der Waals surface area contributed by atoms with E-state index in [-0.39, 0.29) is 10.0 Å². The number of hydrogen-bond acceptors (Lipinski definition) is 5. The molecule has 4 rings (SSSR count). The SMILES string of the molecule is CNc1ncc2cc(-c3cccc(NS(=O)(=O)c4ccc(Br)c(C(F)(F)F)c4)c3F)ccc2n1. The van der Waals surface area contributed by atoms with Crippen LogP contribution in [0.2, 0.25) is 0 Å². The summed E-state index contributed by atoms with van der Waals surface area (Å²) in [6, 6.07) is 11.5. The molecule has 12 heteroatoms. The third-order valence-corrected chi connectivity index (χ3v) is 6.97. The number of nitrogens with zero attached hydrogens (tertiary/aromatic N) is 2. The maximum absolute atomic E-state index is 15.3. The standard InChI is InChI=1S/C22H15BrF4N4O2S/c1-28-21-29-11-13-9-12(5-8-18(13)30-21)15-3-2-4-19(20(15)24)31-34(32,33)14-6-7-17(23)16(10-14)22(25,26)27/h2-11,31H,1H3,(H,28,29,30). The van der Waals surface area contributed by atoms with Gasteiger partial charge < -0.3 is 5.32 Å². The average Bonchev–Trinajstić information content (AvgIpc) is 2.79. The lowest BCUT2D eigenvalue weighted by Gasteiger charge is -2.14. The van der Waals surface area contributed by atoms with Crippen LogP contribution in [0.3, 0.4) is 0 Å². The van der Waals surface area contributed by atoms with Crippen LogP contribution in [-0.2, 0) is 16.2 Å². The summed E-state index contributed by atoms with van der Waals surface area (Å²) in [7, 11) is -2.84. The van der Waals surface area contributed by atoms with Crippen LogP contribution in [0.1, 0.15) is 5.56 Å². The van der Waals surface area contributed by atoms with Crippen molar-refractivity contribution in [3.63, 3.8) is 0 Å². The molecule has 0 aliphatic rings. The van der Waals surface area contributed by atoms with Gasteiger partial charge in [0.2, 0.25) is 5.95 Å². The van der Waals surface area contributed by atoms with Crippen LogP contribution in [0, 0.1) is 5.82 Å². The van der Waals surface area contributed by atoms with Crippen molar-refractivity contribution in [3.8, 4) is 11.1 Å². The van der Waals surface area contributed by atoms with E-state index < -0.39 is 38.2 Å². The Balaban J connectivity index is 1.71. The highest BCUT2D eigenvalue weighted by atomic mass is 79.9. The van der Waals surface area contributed by atoms with E-state index in [1.807, 2.05) is 4.72 Å². The summed E-state index contributed by atoms with van der Waals surface area (Å²) < 4.78 is 82.1. The van der Waals surface area contributed by atoms with Crippen LogP contribution >= 0.6 is 15.9 Å². The quantitative estimate of drug-likeness (QED) is 0.293. The van der Waals surface area contributed by atoms with Gasteiger partial charge in [-0.1, -0.05) is 34.1 Å². The van der Waals surface area contributed by atoms with Crippen molar-refractivity contribution in [2.45, 2.75) is 11.1 Å². The van der Waals surface area contributed by atoms with Crippen LogP contribution in [0.5, 0.6) is 0 Å². The predicted octanol–water partition coefficient (Wildman–Crippen LogP) is 6.06. The number of anilines is 2. The highest BCUT2D eigenvalue weighted by molar-refractivity contribution is 9.10. The minimum Gasteiger partial charge on any atom is -0.357 e. The van der Waals surface area contributed by atoms with Crippen molar-refractivity contribution in [2.24, 2.45) is 0 Å². The molecule has 0 amide bonds. The third kappa shape index (κ3) is 4.68. The largest absolute Gasteiger partial charge is 0.417 e. The summed E-state index contributed by atoms with van der Waals surface area (Å²) in [6.45, 7) is 0. The first kappa shape index (κ1) is 23.9. The van der Waals surface area contributed by atoms with Gasteiger partial charge in [0.15, 0.2) is 5.82 Å². The van der Waals surface area contributed by atoms with E-state index in [9.17, 15) is 21.6 Å². The number of fused-ring (bicyclic) bond motifs is 1. The average molecular weight is 555 g/mol. The molecule has 0 saturated heterocycles. The molecular formula is C22H15BrF4N4O2S. The fraction of sp³-hybridized carbons (Fsp3) is 0.0909. The molecule has 0 aliphatic heterocycles. The van der Waals surface area contributed by atoms with E-state index in [2.05, 4.69) is 31.2 Å². The van der Waals surface area contributed by atoms with Crippen LogP contribution in [0.25, 0.3) is 22.0 Å². The second kappa shape index (κ2) is 8.84. The number of rotatable bonds is 5. The summed E-state index contributed by atoms with van der Waals surface area (Å²) in [4.78, 5) is 7.76. The molecule has 0 fully saturated rings. The molecule has 0 spiro atoms. The number of halogens is 5. The first-order chi connectivity index (χ1) is 16.0. The minimum atomic E-state index is -4.77. The molecular weight excluding hydrogens is 540 g/mol. The highest BCUT2D eigenvalue weighted by Gasteiger charge is 2.34. The van der Waals surface area contributed by atoms with Gasteiger partial charge in [0.25, 0.3) is 10.0 Å². The predicted molar refractivity (Wildman–Crippen MR) is 124 cm³/mol. The van der Waals surface area contributed by atoms with Crippen molar-refractivity contribution < 1.29 is 26.0 Å². The Labute approximate surface area is 200 Å². The van der Waals surface area contributed by atoms with Crippen LogP contribution in [0.15, 0.2) is 70.2 Å². The molecule has 1 aromatic heterocycles. The first-order valence-corrected chi connectivity index (χ1v) is 11.9. The Morgan fingerprint density at radius 3 is 2.50 bits per heavy atom. The molecule has 6 nitrogen and oxygen atoms in total. The van der Waals surface area contributed by atoms with Gasteiger partial charge in [-0.15, -0.1) is 0 Å². The Morgan fingerprint density at radius 1 is 1.03 bits per heavy atom. The Bertz CT molecular complexity index is 1510. The third-order valence-electron chi connectivity index (χ3n) is 4.91. The smallest absolute Gasteiger partial charge is 0.357 e. The Kier molecular flexibility index (Phi) is 6.21. The van der Waals surface area contributed by atoms with E-state index in [1.165, 1.54) is 18.2 Å². The summed E-state index contributed by atoms with van der Waals surface area (Å²) in [6.07, 6.45) is -3.21. The summed E-state index contributed by atoms with van der Waals surface area (Å²) >= 11 is 2.76. The van der Waals surface area contributed by atoms with Crippen LogP contribution < -0.4 is 10.0 Å². The van der Waals surface area contributed by atoms with E-state index in [4.69, 9.17) is 0 Å². The van der Waals surface area contributed by atoms with E-state index in [1.54, 1.807) is 31.4 Å². The molecule has 0 aliphatic carbocycles. The zero-order valence-corrected chi connectivity index (χ0v) is 19.7. The molecule has 0 bridgehead atoms. The van der Waals surface area contributed by atoms with Gasteiger partial charge in [-0.05, 0) is 42.0 Å². The van der Waals surface area contributed by atoms with Crippen molar-refractivity contribution in [1.82, 2.24) is 9.97 Å².